The summed E-state index contributed by atoms with van der Waals surface area (Å²) in [5.41, 5.74) is 14.0. The highest BCUT2D eigenvalue weighted by atomic mass is 16.6. The van der Waals surface area contributed by atoms with Gasteiger partial charge in [0.1, 0.15) is 0 Å². The molecule has 0 saturated carbocycles. The normalized spacial score (nSPS) is 13.2. The van der Waals surface area contributed by atoms with Crippen LogP contribution in [-0.2, 0) is 5.41 Å². The van der Waals surface area contributed by atoms with Crippen molar-refractivity contribution in [3.63, 3.8) is 0 Å². The third kappa shape index (κ3) is 5.30. The van der Waals surface area contributed by atoms with Gasteiger partial charge in [-0.25, -0.2) is 9.97 Å². The van der Waals surface area contributed by atoms with Crippen molar-refractivity contribution >= 4 is 0 Å². The minimum Gasteiger partial charge on any atom is -0.450 e. The Bertz CT molecular complexity index is 2700. The summed E-state index contributed by atoms with van der Waals surface area (Å²) in [6.07, 6.45) is 0. The lowest BCUT2D eigenvalue weighted by atomic mass is 9.82. The van der Waals surface area contributed by atoms with Crippen LogP contribution >= 0.6 is 0 Å². The van der Waals surface area contributed by atoms with Crippen molar-refractivity contribution in [1.29, 1.82) is 0 Å². The van der Waals surface area contributed by atoms with Crippen LogP contribution in [0.1, 0.15) is 25.0 Å². The number of aromatic nitrogens is 2. The molecule has 1 aliphatic heterocycles. The third-order valence-electron chi connectivity index (χ3n) is 10.6. The van der Waals surface area contributed by atoms with E-state index in [4.69, 9.17) is 19.4 Å². The molecule has 7 aromatic carbocycles. The molecule has 1 aromatic heterocycles. The number of benzene rings is 7. The van der Waals surface area contributed by atoms with Gasteiger partial charge in [-0.2, -0.15) is 0 Å². The van der Waals surface area contributed by atoms with Gasteiger partial charge in [0.2, 0.25) is 0 Å². The Morgan fingerprint density at radius 1 is 0.358 bits per heavy atom. The van der Waals surface area contributed by atoms with Gasteiger partial charge in [-0.1, -0.05) is 147 Å². The summed E-state index contributed by atoms with van der Waals surface area (Å²) in [5, 5.41) is 0. The van der Waals surface area contributed by atoms with Crippen LogP contribution in [-0.4, -0.2) is 9.97 Å². The molecule has 8 aromatic rings. The summed E-state index contributed by atoms with van der Waals surface area (Å²) >= 11 is 0. The number of nitrogens with zero attached hydrogens (tertiary/aromatic N) is 2. The quantitative estimate of drug-likeness (QED) is 0.181. The molecule has 0 spiro atoms. The first-order chi connectivity index (χ1) is 26.0. The predicted octanol–water partition coefficient (Wildman–Crippen LogP) is 13.0. The van der Waals surface area contributed by atoms with Crippen LogP contribution in [0.5, 0.6) is 23.0 Å². The highest BCUT2D eigenvalue weighted by Gasteiger charge is 2.37. The molecule has 4 heteroatoms. The largest absolute Gasteiger partial charge is 0.450 e. The second-order valence-corrected chi connectivity index (χ2v) is 14.2. The maximum absolute atomic E-state index is 6.59. The van der Waals surface area contributed by atoms with Gasteiger partial charge in [0.25, 0.3) is 0 Å². The molecule has 2 aliphatic rings. The van der Waals surface area contributed by atoms with E-state index in [-0.39, 0.29) is 5.41 Å². The lowest BCUT2D eigenvalue weighted by Crippen LogP contribution is -2.15. The molecule has 53 heavy (non-hydrogen) atoms. The van der Waals surface area contributed by atoms with Gasteiger partial charge in [0, 0.05) is 22.1 Å². The lowest BCUT2D eigenvalue weighted by Gasteiger charge is -2.25. The fraction of sp³-hybridized carbons (Fsp3) is 0.0612. The Morgan fingerprint density at radius 3 is 1.75 bits per heavy atom. The number of hydrogen-bond acceptors (Lipinski definition) is 4. The van der Waals surface area contributed by atoms with E-state index in [9.17, 15) is 0 Å². The first kappa shape index (κ1) is 31.0. The van der Waals surface area contributed by atoms with Gasteiger partial charge in [-0.05, 0) is 80.9 Å². The molecule has 1 aliphatic carbocycles. The molecule has 0 amide bonds. The fourth-order valence-corrected chi connectivity index (χ4v) is 7.84. The first-order valence-electron chi connectivity index (χ1n) is 18.0. The van der Waals surface area contributed by atoms with E-state index in [2.05, 4.69) is 153 Å². The van der Waals surface area contributed by atoms with Gasteiger partial charge in [0.05, 0.1) is 11.4 Å². The van der Waals surface area contributed by atoms with Gasteiger partial charge in [0.15, 0.2) is 28.8 Å². The summed E-state index contributed by atoms with van der Waals surface area (Å²) in [6.45, 7) is 4.55. The molecule has 0 unspecified atom stereocenters. The number of fused-ring (bicyclic) bond motifs is 5. The van der Waals surface area contributed by atoms with Crippen LogP contribution < -0.4 is 9.47 Å². The van der Waals surface area contributed by atoms with E-state index < -0.39 is 0 Å². The highest BCUT2D eigenvalue weighted by molar-refractivity contribution is 5.85. The minimum absolute atomic E-state index is 0.115. The molecule has 0 fully saturated rings. The zero-order valence-electron chi connectivity index (χ0n) is 29.4. The van der Waals surface area contributed by atoms with Crippen molar-refractivity contribution in [3.05, 3.63) is 181 Å². The monoisotopic (exact) mass is 682 g/mol. The Balaban J connectivity index is 1.03. The number of rotatable bonds is 5. The molecular weight excluding hydrogens is 649 g/mol. The summed E-state index contributed by atoms with van der Waals surface area (Å²) in [5.74, 6) is 3.52. The SMILES string of the molecule is CC1(C)c2ccccc2-c2cc3c(cc21)Oc1ccc(-c2cccc(-c4nc(-c5ccccc5)cc(-c5ccccc5-c5ccccc5)n4)c2)cc1O3. The van der Waals surface area contributed by atoms with Gasteiger partial charge in [-0.15, -0.1) is 0 Å². The minimum atomic E-state index is -0.115. The standard InChI is InChI=1S/C49H34N2O2/c1-49(2)40-23-12-11-21-37(40)39-28-46-47(29-41(39)49)52-44-25-24-34(27-45(44)53-46)33-18-13-19-35(26-33)48-50-42(32-16-7-4-8-17-32)30-43(51-48)38-22-10-9-20-36(38)31-14-5-3-6-15-31/h3-30H,1-2H3. The Morgan fingerprint density at radius 2 is 0.943 bits per heavy atom. The summed E-state index contributed by atoms with van der Waals surface area (Å²) < 4.78 is 13.1. The molecule has 0 atom stereocenters. The average Bonchev–Trinajstić information content (AvgIpc) is 3.44. The smallest absolute Gasteiger partial charge is 0.170 e. The van der Waals surface area contributed by atoms with Crippen LogP contribution in [0.2, 0.25) is 0 Å². The average molecular weight is 683 g/mol. The molecule has 4 nitrogen and oxygen atoms in total. The fourth-order valence-electron chi connectivity index (χ4n) is 7.84. The van der Waals surface area contributed by atoms with E-state index in [1.807, 2.05) is 30.3 Å². The van der Waals surface area contributed by atoms with Crippen LogP contribution in [0, 0.1) is 0 Å². The Kier molecular flexibility index (Phi) is 7.12. The van der Waals surface area contributed by atoms with Crippen molar-refractivity contribution in [2.24, 2.45) is 0 Å². The van der Waals surface area contributed by atoms with Gasteiger partial charge >= 0.3 is 0 Å². The number of hydrogen-bond donors (Lipinski definition) is 0. The topological polar surface area (TPSA) is 44.2 Å². The second kappa shape index (κ2) is 12.2. The Hall–Kier alpha value is -6.78. The van der Waals surface area contributed by atoms with Crippen molar-refractivity contribution < 1.29 is 9.47 Å². The van der Waals surface area contributed by atoms with Crippen molar-refractivity contribution in [2.75, 3.05) is 0 Å². The van der Waals surface area contributed by atoms with Crippen LogP contribution in [0.15, 0.2) is 170 Å². The third-order valence-corrected chi connectivity index (χ3v) is 10.6. The molecular formula is C49H34N2O2. The van der Waals surface area contributed by atoms with Crippen molar-refractivity contribution in [1.82, 2.24) is 9.97 Å². The zero-order chi connectivity index (χ0) is 35.5. The van der Waals surface area contributed by atoms with E-state index in [1.54, 1.807) is 0 Å². The molecule has 0 radical (unpaired) electrons. The van der Waals surface area contributed by atoms with Gasteiger partial charge in [-0.3, -0.25) is 0 Å². The lowest BCUT2D eigenvalue weighted by molar-refractivity contribution is 0.359. The molecule has 0 N–H and O–H groups in total. The number of ether oxygens (including phenoxy) is 2. The van der Waals surface area contributed by atoms with Crippen LogP contribution in [0.3, 0.4) is 0 Å². The molecule has 0 bridgehead atoms. The molecule has 0 saturated heterocycles. The highest BCUT2D eigenvalue weighted by Crippen LogP contribution is 2.55. The molecule has 252 valence electrons. The first-order valence-corrected chi connectivity index (χ1v) is 18.0. The van der Waals surface area contributed by atoms with Gasteiger partial charge < -0.3 is 9.47 Å². The zero-order valence-corrected chi connectivity index (χ0v) is 29.4. The van der Waals surface area contributed by atoms with Crippen molar-refractivity contribution in [2.45, 2.75) is 19.3 Å². The Labute approximate surface area is 309 Å². The van der Waals surface area contributed by atoms with E-state index in [1.165, 1.54) is 22.3 Å². The van der Waals surface area contributed by atoms with E-state index >= 15 is 0 Å². The van der Waals surface area contributed by atoms with E-state index in [0.29, 0.717) is 17.3 Å². The predicted molar refractivity (Wildman–Crippen MR) is 213 cm³/mol. The summed E-state index contributed by atoms with van der Waals surface area (Å²) in [7, 11) is 0. The summed E-state index contributed by atoms with van der Waals surface area (Å²) in [6, 6.07) is 58.8. The summed E-state index contributed by atoms with van der Waals surface area (Å²) in [4.78, 5) is 10.3. The van der Waals surface area contributed by atoms with Crippen LogP contribution in [0.4, 0.5) is 0 Å². The second-order valence-electron chi connectivity index (χ2n) is 14.2. The molecule has 10 rings (SSSR count). The maximum atomic E-state index is 6.59. The molecule has 2 heterocycles. The maximum Gasteiger partial charge on any atom is 0.170 e. The van der Waals surface area contributed by atoms with E-state index in [0.717, 1.165) is 61.8 Å². The van der Waals surface area contributed by atoms with Crippen molar-refractivity contribution in [3.8, 4) is 90.3 Å². The van der Waals surface area contributed by atoms with Crippen LogP contribution in [0.25, 0.3) is 67.3 Å².